The van der Waals surface area contributed by atoms with Crippen LogP contribution in [-0.4, -0.2) is 25.9 Å². The van der Waals surface area contributed by atoms with Crippen LogP contribution in [0.15, 0.2) is 37.7 Å². The molecule has 17 heavy (non-hydrogen) atoms. The quantitative estimate of drug-likeness (QED) is 0.732. The van der Waals surface area contributed by atoms with Crippen molar-refractivity contribution < 1.29 is 0 Å². The van der Waals surface area contributed by atoms with Crippen LogP contribution in [0.5, 0.6) is 0 Å². The maximum atomic E-state index is 4.12. The molecule has 0 saturated carbocycles. The molecule has 0 unspecified atom stereocenters. The molecule has 2 aromatic heterocycles. The first-order valence-corrected chi connectivity index (χ1v) is 5.70. The van der Waals surface area contributed by atoms with Gasteiger partial charge in [-0.1, -0.05) is 6.58 Å². The topological polar surface area (TPSA) is 47.7 Å². The SMILES string of the molecule is C=Cn1cc(CNCCCn2ccnc2)cn1. The third kappa shape index (κ3) is 3.57. The summed E-state index contributed by atoms with van der Waals surface area (Å²) in [6, 6.07) is 0. The molecular weight excluding hydrogens is 214 g/mol. The van der Waals surface area contributed by atoms with Crippen LogP contribution in [0.4, 0.5) is 0 Å². The third-order valence-corrected chi connectivity index (χ3v) is 2.50. The highest BCUT2D eigenvalue weighted by molar-refractivity contribution is 5.17. The van der Waals surface area contributed by atoms with E-state index in [0.717, 1.165) is 26.1 Å². The average molecular weight is 231 g/mol. The zero-order valence-electron chi connectivity index (χ0n) is 9.79. The minimum Gasteiger partial charge on any atom is -0.337 e. The minimum absolute atomic E-state index is 0.845. The van der Waals surface area contributed by atoms with E-state index in [9.17, 15) is 0 Å². The fraction of sp³-hybridized carbons (Fsp3) is 0.333. The van der Waals surface area contributed by atoms with Crippen LogP contribution < -0.4 is 5.32 Å². The van der Waals surface area contributed by atoms with Gasteiger partial charge in [-0.15, -0.1) is 0 Å². The van der Waals surface area contributed by atoms with Crippen molar-refractivity contribution in [1.82, 2.24) is 24.6 Å². The molecule has 0 radical (unpaired) electrons. The van der Waals surface area contributed by atoms with Crippen LogP contribution in [0.2, 0.25) is 0 Å². The monoisotopic (exact) mass is 231 g/mol. The summed E-state index contributed by atoms with van der Waals surface area (Å²) >= 11 is 0. The predicted molar refractivity (Wildman–Crippen MR) is 67.2 cm³/mol. The highest BCUT2D eigenvalue weighted by Gasteiger charge is 1.96. The van der Waals surface area contributed by atoms with Crippen LogP contribution in [0.25, 0.3) is 6.20 Å². The van der Waals surface area contributed by atoms with Crippen molar-refractivity contribution in [3.05, 3.63) is 43.3 Å². The summed E-state index contributed by atoms with van der Waals surface area (Å²) in [6.07, 6.45) is 12.2. The Hall–Kier alpha value is -1.88. The van der Waals surface area contributed by atoms with Crippen LogP contribution in [0.1, 0.15) is 12.0 Å². The Kier molecular flexibility index (Phi) is 4.10. The zero-order valence-corrected chi connectivity index (χ0v) is 9.79. The Morgan fingerprint density at radius 2 is 2.41 bits per heavy atom. The number of aryl methyl sites for hydroxylation is 1. The van der Waals surface area contributed by atoms with Crippen molar-refractivity contribution in [2.24, 2.45) is 0 Å². The van der Waals surface area contributed by atoms with Gasteiger partial charge in [-0.2, -0.15) is 5.10 Å². The Morgan fingerprint density at radius 3 is 3.12 bits per heavy atom. The number of hydrogen-bond acceptors (Lipinski definition) is 3. The maximum absolute atomic E-state index is 4.12. The molecule has 5 nitrogen and oxygen atoms in total. The van der Waals surface area contributed by atoms with Crippen molar-refractivity contribution in [3.63, 3.8) is 0 Å². The first kappa shape index (κ1) is 11.6. The Morgan fingerprint density at radius 1 is 1.47 bits per heavy atom. The molecule has 0 fully saturated rings. The lowest BCUT2D eigenvalue weighted by Gasteiger charge is -2.03. The molecule has 0 aliphatic carbocycles. The predicted octanol–water partition coefficient (Wildman–Crippen LogP) is 1.36. The summed E-state index contributed by atoms with van der Waals surface area (Å²) in [4.78, 5) is 4.00. The number of nitrogens with one attached hydrogen (secondary N) is 1. The first-order chi connectivity index (χ1) is 8.38. The number of imidazole rings is 1. The van der Waals surface area contributed by atoms with Gasteiger partial charge in [0, 0.05) is 43.4 Å². The molecule has 0 spiro atoms. The minimum atomic E-state index is 0.845. The molecule has 5 heteroatoms. The lowest BCUT2D eigenvalue weighted by Crippen LogP contribution is -2.15. The van der Waals surface area contributed by atoms with Gasteiger partial charge in [0.05, 0.1) is 12.5 Å². The molecule has 2 rings (SSSR count). The molecule has 0 aromatic carbocycles. The number of aromatic nitrogens is 4. The maximum Gasteiger partial charge on any atom is 0.0945 e. The lowest BCUT2D eigenvalue weighted by molar-refractivity contribution is 0.581. The molecule has 2 aromatic rings. The van der Waals surface area contributed by atoms with E-state index in [1.165, 1.54) is 5.56 Å². The fourth-order valence-corrected chi connectivity index (χ4v) is 1.61. The van der Waals surface area contributed by atoms with E-state index in [0.29, 0.717) is 0 Å². The van der Waals surface area contributed by atoms with Gasteiger partial charge in [0.2, 0.25) is 0 Å². The average Bonchev–Trinajstić information content (AvgIpc) is 2.99. The standard InChI is InChI=1S/C12H17N5/c1-2-17-10-12(9-15-17)8-13-4-3-6-16-7-5-14-11-16/h2,5,7,9-11,13H,1,3-4,6,8H2. The molecule has 0 atom stereocenters. The van der Waals surface area contributed by atoms with Crippen molar-refractivity contribution in [2.45, 2.75) is 19.5 Å². The van der Waals surface area contributed by atoms with E-state index < -0.39 is 0 Å². The normalized spacial score (nSPS) is 10.6. The van der Waals surface area contributed by atoms with Crippen LogP contribution in [-0.2, 0) is 13.1 Å². The smallest absolute Gasteiger partial charge is 0.0945 e. The molecule has 2 heterocycles. The molecule has 0 bridgehead atoms. The van der Waals surface area contributed by atoms with Gasteiger partial charge < -0.3 is 9.88 Å². The fourth-order valence-electron chi connectivity index (χ4n) is 1.61. The summed E-state index contributed by atoms with van der Waals surface area (Å²) in [5, 5.41) is 7.50. The molecular formula is C12H17N5. The summed E-state index contributed by atoms with van der Waals surface area (Å²) < 4.78 is 3.79. The third-order valence-electron chi connectivity index (χ3n) is 2.50. The van der Waals surface area contributed by atoms with Gasteiger partial charge in [0.15, 0.2) is 0 Å². The van der Waals surface area contributed by atoms with Crippen LogP contribution in [0, 0.1) is 0 Å². The molecule has 0 saturated heterocycles. The van der Waals surface area contributed by atoms with Gasteiger partial charge in [-0.25, -0.2) is 9.67 Å². The van der Waals surface area contributed by atoms with Gasteiger partial charge in [0.25, 0.3) is 0 Å². The number of rotatable bonds is 7. The van der Waals surface area contributed by atoms with E-state index in [1.54, 1.807) is 17.1 Å². The Bertz CT molecular complexity index is 443. The summed E-state index contributed by atoms with van der Waals surface area (Å²) in [5.74, 6) is 0. The molecule has 1 N–H and O–H groups in total. The first-order valence-electron chi connectivity index (χ1n) is 5.70. The highest BCUT2D eigenvalue weighted by Crippen LogP contribution is 1.97. The van der Waals surface area contributed by atoms with E-state index in [2.05, 4.69) is 26.5 Å². The molecule has 0 aliphatic rings. The summed E-state index contributed by atoms with van der Waals surface area (Å²) in [5.41, 5.74) is 1.17. The largest absolute Gasteiger partial charge is 0.337 e. The van der Waals surface area contributed by atoms with Crippen molar-refractivity contribution in [3.8, 4) is 0 Å². The second-order valence-corrected chi connectivity index (χ2v) is 3.84. The van der Waals surface area contributed by atoms with E-state index in [-0.39, 0.29) is 0 Å². The van der Waals surface area contributed by atoms with Gasteiger partial charge in [-0.3, -0.25) is 0 Å². The Balaban J connectivity index is 1.61. The van der Waals surface area contributed by atoms with Gasteiger partial charge in [0.1, 0.15) is 0 Å². The lowest BCUT2D eigenvalue weighted by atomic mass is 10.3. The van der Waals surface area contributed by atoms with Crippen molar-refractivity contribution >= 4 is 6.20 Å². The second-order valence-electron chi connectivity index (χ2n) is 3.84. The van der Waals surface area contributed by atoms with E-state index in [4.69, 9.17) is 0 Å². The highest BCUT2D eigenvalue weighted by atomic mass is 15.2. The van der Waals surface area contributed by atoms with Gasteiger partial charge >= 0.3 is 0 Å². The molecule has 0 aliphatic heterocycles. The molecule has 90 valence electrons. The second kappa shape index (κ2) is 6.00. The van der Waals surface area contributed by atoms with Crippen molar-refractivity contribution in [2.75, 3.05) is 6.54 Å². The number of nitrogens with zero attached hydrogens (tertiary/aromatic N) is 4. The number of hydrogen-bond donors (Lipinski definition) is 1. The Labute approximate surface area is 101 Å². The van der Waals surface area contributed by atoms with E-state index in [1.807, 2.05) is 24.9 Å². The van der Waals surface area contributed by atoms with E-state index >= 15 is 0 Å². The van der Waals surface area contributed by atoms with Crippen LogP contribution >= 0.6 is 0 Å². The zero-order chi connectivity index (χ0) is 11.9. The summed E-state index contributed by atoms with van der Waals surface area (Å²) in [7, 11) is 0. The molecule has 0 amide bonds. The van der Waals surface area contributed by atoms with Crippen LogP contribution in [0.3, 0.4) is 0 Å². The van der Waals surface area contributed by atoms with Gasteiger partial charge in [-0.05, 0) is 13.0 Å². The van der Waals surface area contributed by atoms with Crippen molar-refractivity contribution in [1.29, 1.82) is 0 Å². The summed E-state index contributed by atoms with van der Waals surface area (Å²) in [6.45, 7) is 6.48.